The second-order valence-electron chi connectivity index (χ2n) is 2.54. The van der Waals surface area contributed by atoms with E-state index >= 15 is 0 Å². The Bertz CT molecular complexity index is 208. The first kappa shape index (κ1) is 8.83. The number of nitrogens with one attached hydrogen (secondary N) is 1. The second-order valence-corrected chi connectivity index (χ2v) is 4.78. The number of aromatic amines is 1. The predicted octanol–water partition coefficient (Wildman–Crippen LogP) is 3.35. The van der Waals surface area contributed by atoms with Crippen molar-refractivity contribution in [2.75, 3.05) is 0 Å². The molecule has 1 aromatic heterocycles. The first-order chi connectivity index (χ1) is 4.61. The maximum atomic E-state index is 3.32. The number of aromatic nitrogens is 1. The summed E-state index contributed by atoms with van der Waals surface area (Å²) < 4.78 is 2.57. The third-order valence-electron chi connectivity index (χ3n) is 1.37. The van der Waals surface area contributed by atoms with Gasteiger partial charge in [-0.1, -0.05) is 13.8 Å². The van der Waals surface area contributed by atoms with Gasteiger partial charge in [-0.2, -0.15) is 0 Å². The van der Waals surface area contributed by atoms with Crippen LogP contribution in [0.15, 0.2) is 6.07 Å². The fourth-order valence-electron chi connectivity index (χ4n) is 0.733. The zero-order chi connectivity index (χ0) is 7.72. The van der Waals surface area contributed by atoms with Gasteiger partial charge in [0, 0.05) is 9.26 Å². The molecule has 0 aromatic carbocycles. The van der Waals surface area contributed by atoms with Crippen molar-refractivity contribution in [3.8, 4) is 0 Å². The van der Waals surface area contributed by atoms with Gasteiger partial charge in [-0.15, -0.1) is 0 Å². The van der Waals surface area contributed by atoms with Gasteiger partial charge in [-0.05, 0) is 57.2 Å². The van der Waals surface area contributed by atoms with Crippen molar-refractivity contribution in [1.82, 2.24) is 4.98 Å². The van der Waals surface area contributed by atoms with Crippen LogP contribution in [0.5, 0.6) is 0 Å². The smallest absolute Gasteiger partial charge is 0.0909 e. The fourth-order valence-corrected chi connectivity index (χ4v) is 1.67. The minimum atomic E-state index is 0.608. The maximum Gasteiger partial charge on any atom is 0.0909 e. The van der Waals surface area contributed by atoms with Gasteiger partial charge in [0.2, 0.25) is 0 Å². The van der Waals surface area contributed by atoms with Crippen LogP contribution < -0.4 is 0 Å². The highest BCUT2D eigenvalue weighted by atomic mass is 127. The van der Waals surface area contributed by atoms with E-state index in [1.807, 2.05) is 0 Å². The lowest BCUT2D eigenvalue weighted by Crippen LogP contribution is -1.85. The average Bonchev–Trinajstić information content (AvgIpc) is 2.13. The Morgan fingerprint density at radius 1 is 1.40 bits per heavy atom. The highest BCUT2D eigenvalue weighted by Gasteiger charge is 2.04. The molecule has 0 fully saturated rings. The molecule has 1 heterocycles. The SMILES string of the molecule is CC(C)c1cc(I)c(I)[nH]1. The normalized spacial score (nSPS) is 10.9. The van der Waals surface area contributed by atoms with Gasteiger partial charge in [0.25, 0.3) is 0 Å². The molecule has 56 valence electrons. The van der Waals surface area contributed by atoms with Gasteiger partial charge in [-0.3, -0.25) is 0 Å². The summed E-state index contributed by atoms with van der Waals surface area (Å²) in [5.41, 5.74) is 1.33. The molecular formula is C7H9I2N. The van der Waals surface area contributed by atoms with Gasteiger partial charge in [0.1, 0.15) is 0 Å². The van der Waals surface area contributed by atoms with Crippen molar-refractivity contribution < 1.29 is 0 Å². The van der Waals surface area contributed by atoms with Crippen LogP contribution in [-0.4, -0.2) is 4.98 Å². The lowest BCUT2D eigenvalue weighted by atomic mass is 10.1. The molecule has 1 aromatic rings. The number of hydrogen-bond acceptors (Lipinski definition) is 0. The Hall–Kier alpha value is 0.740. The third kappa shape index (κ3) is 1.87. The summed E-state index contributed by atoms with van der Waals surface area (Å²) in [5, 5.41) is 0. The van der Waals surface area contributed by atoms with E-state index in [-0.39, 0.29) is 0 Å². The van der Waals surface area contributed by atoms with E-state index in [1.54, 1.807) is 0 Å². The molecule has 1 nitrogen and oxygen atoms in total. The van der Waals surface area contributed by atoms with Crippen LogP contribution in [0.2, 0.25) is 0 Å². The second kappa shape index (κ2) is 3.42. The maximum absolute atomic E-state index is 3.32. The Labute approximate surface area is 88.3 Å². The zero-order valence-electron chi connectivity index (χ0n) is 5.91. The highest BCUT2D eigenvalue weighted by Crippen LogP contribution is 2.20. The van der Waals surface area contributed by atoms with Gasteiger partial charge in [0.15, 0.2) is 0 Å². The van der Waals surface area contributed by atoms with E-state index in [2.05, 4.69) is 70.1 Å². The van der Waals surface area contributed by atoms with E-state index in [4.69, 9.17) is 0 Å². The van der Waals surface area contributed by atoms with E-state index < -0.39 is 0 Å². The first-order valence-corrected chi connectivity index (χ1v) is 5.31. The summed E-state index contributed by atoms with van der Waals surface area (Å²) in [6.07, 6.45) is 0. The summed E-state index contributed by atoms with van der Waals surface area (Å²) in [6.45, 7) is 4.38. The van der Waals surface area contributed by atoms with Crippen molar-refractivity contribution in [2.45, 2.75) is 19.8 Å². The van der Waals surface area contributed by atoms with Crippen molar-refractivity contribution in [2.24, 2.45) is 0 Å². The minimum Gasteiger partial charge on any atom is -0.353 e. The minimum absolute atomic E-state index is 0.608. The number of hydrogen-bond donors (Lipinski definition) is 1. The predicted molar refractivity (Wildman–Crippen MR) is 60.3 cm³/mol. The molecule has 0 aliphatic carbocycles. The molecule has 0 unspecified atom stereocenters. The summed E-state index contributed by atoms with van der Waals surface area (Å²) >= 11 is 4.66. The van der Waals surface area contributed by atoms with Crippen LogP contribution >= 0.6 is 45.2 Å². The summed E-state index contributed by atoms with van der Waals surface area (Å²) in [4.78, 5) is 3.32. The van der Waals surface area contributed by atoms with Gasteiger partial charge in [-0.25, -0.2) is 0 Å². The molecule has 0 radical (unpaired) electrons. The summed E-state index contributed by atoms with van der Waals surface area (Å²) in [7, 11) is 0. The Kier molecular flexibility index (Phi) is 3.02. The number of H-pyrrole nitrogens is 1. The third-order valence-corrected chi connectivity index (χ3v) is 4.10. The average molecular weight is 361 g/mol. The Morgan fingerprint density at radius 3 is 2.20 bits per heavy atom. The molecule has 0 saturated heterocycles. The quantitative estimate of drug-likeness (QED) is 0.739. The molecule has 3 heteroatoms. The van der Waals surface area contributed by atoms with Gasteiger partial charge in [0.05, 0.1) is 3.70 Å². The Balaban J connectivity index is 2.98. The number of halogens is 2. The molecule has 1 N–H and O–H groups in total. The van der Waals surface area contributed by atoms with Crippen molar-refractivity contribution in [3.63, 3.8) is 0 Å². The van der Waals surface area contributed by atoms with Crippen molar-refractivity contribution in [3.05, 3.63) is 19.0 Å². The van der Waals surface area contributed by atoms with Gasteiger partial charge >= 0.3 is 0 Å². The first-order valence-electron chi connectivity index (χ1n) is 3.15. The molecule has 0 spiro atoms. The Morgan fingerprint density at radius 2 is 2.00 bits per heavy atom. The molecule has 0 aliphatic rings. The molecule has 0 aliphatic heterocycles. The van der Waals surface area contributed by atoms with Crippen LogP contribution in [-0.2, 0) is 0 Å². The zero-order valence-corrected chi connectivity index (χ0v) is 10.2. The van der Waals surface area contributed by atoms with E-state index in [9.17, 15) is 0 Å². The van der Waals surface area contributed by atoms with Gasteiger partial charge < -0.3 is 4.98 Å². The molecule has 10 heavy (non-hydrogen) atoms. The van der Waals surface area contributed by atoms with Crippen LogP contribution in [0.3, 0.4) is 0 Å². The fraction of sp³-hybridized carbons (Fsp3) is 0.429. The topological polar surface area (TPSA) is 15.8 Å². The van der Waals surface area contributed by atoms with E-state index in [0.717, 1.165) is 0 Å². The molecule has 0 amide bonds. The van der Waals surface area contributed by atoms with E-state index in [1.165, 1.54) is 13.0 Å². The molecule has 0 saturated carbocycles. The monoisotopic (exact) mass is 361 g/mol. The molecule has 1 rings (SSSR count). The summed E-state index contributed by atoms with van der Waals surface area (Å²) in [5.74, 6) is 0.608. The van der Waals surface area contributed by atoms with Crippen LogP contribution in [0, 0.1) is 7.27 Å². The standard InChI is InChI=1S/C7H9I2N/c1-4(2)6-3-5(8)7(9)10-6/h3-4,10H,1-2H3. The van der Waals surface area contributed by atoms with E-state index in [0.29, 0.717) is 5.92 Å². The lowest BCUT2D eigenvalue weighted by Gasteiger charge is -1.97. The lowest BCUT2D eigenvalue weighted by molar-refractivity contribution is 0.830. The van der Waals surface area contributed by atoms with Crippen LogP contribution in [0.25, 0.3) is 0 Å². The molecular weight excluding hydrogens is 352 g/mol. The van der Waals surface area contributed by atoms with Crippen molar-refractivity contribution >= 4 is 45.2 Å². The summed E-state index contributed by atoms with van der Waals surface area (Å²) in [6, 6.07) is 2.20. The van der Waals surface area contributed by atoms with Crippen LogP contribution in [0.1, 0.15) is 25.5 Å². The highest BCUT2D eigenvalue weighted by molar-refractivity contribution is 14.1. The largest absolute Gasteiger partial charge is 0.353 e. The molecule has 0 bridgehead atoms. The van der Waals surface area contributed by atoms with Crippen molar-refractivity contribution in [1.29, 1.82) is 0 Å². The number of rotatable bonds is 1. The molecule has 0 atom stereocenters. The van der Waals surface area contributed by atoms with Crippen LogP contribution in [0.4, 0.5) is 0 Å².